The maximum Gasteiger partial charge on any atom is 0.270 e. The molecule has 0 saturated heterocycles. The quantitative estimate of drug-likeness (QED) is 0.647. The molecule has 1 rings (SSSR count). The molecule has 0 aliphatic rings. The van der Waals surface area contributed by atoms with Crippen LogP contribution in [0.3, 0.4) is 0 Å². The van der Waals surface area contributed by atoms with E-state index in [0.29, 0.717) is 13.2 Å². The first kappa shape index (κ1) is 16.4. The third kappa shape index (κ3) is 4.47. The van der Waals surface area contributed by atoms with Crippen molar-refractivity contribution in [3.05, 3.63) is 38.9 Å². The Balaban J connectivity index is 2.76. The first-order valence-corrected chi connectivity index (χ1v) is 6.50. The lowest BCUT2D eigenvalue weighted by atomic mass is 10.1. The monoisotopic (exact) mass is 300 g/mol. The van der Waals surface area contributed by atoms with E-state index in [9.17, 15) is 14.9 Å². The van der Waals surface area contributed by atoms with Crippen LogP contribution in [0.25, 0.3) is 0 Å². The van der Waals surface area contributed by atoms with Gasteiger partial charge in [-0.05, 0) is 26.8 Å². The fourth-order valence-corrected chi connectivity index (χ4v) is 1.89. The van der Waals surface area contributed by atoms with Crippen LogP contribution in [0.5, 0.6) is 0 Å². The Morgan fingerprint density at radius 3 is 2.65 bits per heavy atom. The Morgan fingerprint density at radius 2 is 2.15 bits per heavy atom. The van der Waals surface area contributed by atoms with Gasteiger partial charge in [0.15, 0.2) is 0 Å². The van der Waals surface area contributed by atoms with Gasteiger partial charge in [-0.25, -0.2) is 0 Å². The van der Waals surface area contributed by atoms with Crippen molar-refractivity contribution in [2.24, 2.45) is 0 Å². The van der Waals surface area contributed by atoms with Crippen molar-refractivity contribution in [2.75, 3.05) is 13.2 Å². The second-order valence-corrected chi connectivity index (χ2v) is 5.20. The summed E-state index contributed by atoms with van der Waals surface area (Å²) in [6, 6.07) is 3.74. The molecule has 0 aromatic heterocycles. The van der Waals surface area contributed by atoms with Gasteiger partial charge in [0, 0.05) is 25.3 Å². The lowest BCUT2D eigenvalue weighted by Gasteiger charge is -2.24. The van der Waals surface area contributed by atoms with Crippen molar-refractivity contribution in [1.82, 2.24) is 5.32 Å². The molecule has 0 radical (unpaired) electrons. The second-order valence-electron chi connectivity index (χ2n) is 4.80. The molecule has 7 heteroatoms. The summed E-state index contributed by atoms with van der Waals surface area (Å²) in [5, 5.41) is 13.3. The Bertz CT molecular complexity index is 517. The molecule has 0 aliphatic heterocycles. The third-order valence-electron chi connectivity index (χ3n) is 2.62. The molecular weight excluding hydrogens is 284 g/mol. The average molecular weight is 301 g/mol. The number of nitro groups is 1. The predicted octanol–water partition coefficient (Wildman–Crippen LogP) is 2.79. The number of carbonyl (C=O) groups excluding carboxylic acids is 1. The van der Waals surface area contributed by atoms with Crippen LogP contribution in [0, 0.1) is 10.1 Å². The van der Waals surface area contributed by atoms with Crippen LogP contribution in [0.2, 0.25) is 5.02 Å². The van der Waals surface area contributed by atoms with E-state index < -0.39 is 16.4 Å². The average Bonchev–Trinajstić information content (AvgIpc) is 2.35. The largest absolute Gasteiger partial charge is 0.374 e. The summed E-state index contributed by atoms with van der Waals surface area (Å²) >= 11 is 5.88. The van der Waals surface area contributed by atoms with Gasteiger partial charge in [-0.1, -0.05) is 11.6 Å². The Labute approximate surface area is 122 Å². The minimum absolute atomic E-state index is 0.0471. The van der Waals surface area contributed by atoms with Crippen molar-refractivity contribution < 1.29 is 14.5 Å². The van der Waals surface area contributed by atoms with Gasteiger partial charge in [-0.2, -0.15) is 0 Å². The van der Waals surface area contributed by atoms with E-state index in [1.807, 2.05) is 20.8 Å². The number of halogens is 1. The van der Waals surface area contributed by atoms with Crippen LogP contribution in [0.4, 0.5) is 5.69 Å². The van der Waals surface area contributed by atoms with E-state index in [0.717, 1.165) is 6.07 Å². The SMILES string of the molecule is CCOC(C)(C)CNC(=O)c1ccc([N+](=O)[O-])cc1Cl. The van der Waals surface area contributed by atoms with Crippen molar-refractivity contribution in [3.8, 4) is 0 Å². The molecule has 1 N–H and O–H groups in total. The summed E-state index contributed by atoms with van der Waals surface area (Å²) in [5.41, 5.74) is -0.441. The molecule has 0 bridgehead atoms. The van der Waals surface area contributed by atoms with Crippen LogP contribution < -0.4 is 5.32 Å². The molecule has 0 aliphatic carbocycles. The molecule has 0 heterocycles. The van der Waals surface area contributed by atoms with E-state index in [2.05, 4.69) is 5.32 Å². The number of non-ortho nitro benzene ring substituents is 1. The predicted molar refractivity (Wildman–Crippen MR) is 76.1 cm³/mol. The lowest BCUT2D eigenvalue weighted by Crippen LogP contribution is -2.40. The molecule has 1 aromatic rings. The summed E-state index contributed by atoms with van der Waals surface area (Å²) in [7, 11) is 0. The number of nitrogens with zero attached hydrogens (tertiary/aromatic N) is 1. The molecular formula is C13H17ClN2O4. The summed E-state index contributed by atoms with van der Waals surface area (Å²) < 4.78 is 5.46. The first-order valence-electron chi connectivity index (χ1n) is 6.13. The zero-order chi connectivity index (χ0) is 15.3. The lowest BCUT2D eigenvalue weighted by molar-refractivity contribution is -0.384. The highest BCUT2D eigenvalue weighted by atomic mass is 35.5. The van der Waals surface area contributed by atoms with Gasteiger partial charge in [-0.15, -0.1) is 0 Å². The molecule has 0 atom stereocenters. The van der Waals surface area contributed by atoms with Gasteiger partial charge in [0.2, 0.25) is 0 Å². The number of hydrogen-bond donors (Lipinski definition) is 1. The fraction of sp³-hybridized carbons (Fsp3) is 0.462. The van der Waals surface area contributed by atoms with Crippen LogP contribution >= 0.6 is 11.6 Å². The standard InChI is InChI=1S/C13H17ClN2O4/c1-4-20-13(2,3)8-15-12(17)10-6-5-9(16(18)19)7-11(10)14/h5-7H,4,8H2,1-3H3,(H,15,17). The van der Waals surface area contributed by atoms with Crippen LogP contribution in [0.1, 0.15) is 31.1 Å². The van der Waals surface area contributed by atoms with Crippen LogP contribution in [0.15, 0.2) is 18.2 Å². The summed E-state index contributed by atoms with van der Waals surface area (Å²) in [4.78, 5) is 22.0. The molecule has 0 fully saturated rings. The zero-order valence-corrected chi connectivity index (χ0v) is 12.4. The number of carbonyl (C=O) groups is 1. The number of hydrogen-bond acceptors (Lipinski definition) is 4. The molecule has 0 unspecified atom stereocenters. The number of ether oxygens (including phenoxy) is 1. The van der Waals surface area contributed by atoms with E-state index in [1.165, 1.54) is 12.1 Å². The molecule has 1 aromatic carbocycles. The number of nitrogens with one attached hydrogen (secondary N) is 1. The minimum atomic E-state index is -0.564. The summed E-state index contributed by atoms with van der Waals surface area (Å²) in [6.07, 6.45) is 0. The maximum absolute atomic E-state index is 12.0. The van der Waals surface area contributed by atoms with E-state index >= 15 is 0 Å². The van der Waals surface area contributed by atoms with Crippen molar-refractivity contribution in [2.45, 2.75) is 26.4 Å². The smallest absolute Gasteiger partial charge is 0.270 e. The summed E-state index contributed by atoms with van der Waals surface area (Å²) in [6.45, 7) is 6.44. The van der Waals surface area contributed by atoms with Gasteiger partial charge in [0.05, 0.1) is 21.1 Å². The Kier molecular flexibility index (Phi) is 5.47. The topological polar surface area (TPSA) is 81.5 Å². The molecule has 1 amide bonds. The van der Waals surface area contributed by atoms with Crippen molar-refractivity contribution >= 4 is 23.2 Å². The molecule has 110 valence electrons. The van der Waals surface area contributed by atoms with Crippen LogP contribution in [-0.4, -0.2) is 29.6 Å². The van der Waals surface area contributed by atoms with Crippen LogP contribution in [-0.2, 0) is 4.74 Å². The Morgan fingerprint density at radius 1 is 1.50 bits per heavy atom. The van der Waals surface area contributed by atoms with Gasteiger partial charge >= 0.3 is 0 Å². The van der Waals surface area contributed by atoms with E-state index in [1.54, 1.807) is 0 Å². The van der Waals surface area contributed by atoms with Gasteiger partial charge in [0.1, 0.15) is 0 Å². The highest BCUT2D eigenvalue weighted by Gasteiger charge is 2.20. The third-order valence-corrected chi connectivity index (χ3v) is 2.93. The number of nitro benzene ring substituents is 1. The Hall–Kier alpha value is -1.66. The van der Waals surface area contributed by atoms with Gasteiger partial charge in [-0.3, -0.25) is 14.9 Å². The highest BCUT2D eigenvalue weighted by Crippen LogP contribution is 2.22. The van der Waals surface area contributed by atoms with Gasteiger partial charge in [0.25, 0.3) is 11.6 Å². The molecule has 20 heavy (non-hydrogen) atoms. The van der Waals surface area contributed by atoms with Crippen molar-refractivity contribution in [3.63, 3.8) is 0 Å². The van der Waals surface area contributed by atoms with E-state index in [4.69, 9.17) is 16.3 Å². The van der Waals surface area contributed by atoms with E-state index in [-0.39, 0.29) is 16.3 Å². The number of amides is 1. The van der Waals surface area contributed by atoms with Gasteiger partial charge < -0.3 is 10.1 Å². The minimum Gasteiger partial charge on any atom is -0.374 e. The number of rotatable bonds is 6. The highest BCUT2D eigenvalue weighted by molar-refractivity contribution is 6.34. The summed E-state index contributed by atoms with van der Waals surface area (Å²) in [5.74, 6) is -0.391. The molecule has 0 spiro atoms. The van der Waals surface area contributed by atoms with Crippen molar-refractivity contribution in [1.29, 1.82) is 0 Å². The number of benzene rings is 1. The second kappa shape index (κ2) is 6.67. The fourth-order valence-electron chi connectivity index (χ4n) is 1.63. The molecule has 6 nitrogen and oxygen atoms in total. The molecule has 0 saturated carbocycles. The first-order chi connectivity index (χ1) is 9.26. The zero-order valence-electron chi connectivity index (χ0n) is 11.6. The normalized spacial score (nSPS) is 11.2. The maximum atomic E-state index is 12.0.